The van der Waals surface area contributed by atoms with E-state index in [1.165, 1.54) is 25.5 Å². The quantitative estimate of drug-likeness (QED) is 0.133. The number of hydrogen-bond acceptors (Lipinski definition) is 10. The molecule has 1 aromatic rings. The Balaban J connectivity index is 0.00000349. The second-order valence-electron chi connectivity index (χ2n) is 14.8. The monoisotopic (exact) mass is 828 g/mol. The standard InChI is InChI=1S/C36H57ClN6O9S.C3H8/c1-7-22(2)32(42(4)31(45)21-39-35(47)26(38)20-37)29(51-5)19-30(44)43-17-11-14-28(43)33(52-6)23(3)34(46)40-27(18-24-12-9-8-10-13-24)36(48)41-53(49,50)25-15-16-25;1-3-2/h8-10,12-13,22-23,25-29,32-33H,7,11,14-21,38H2,1-6H3,(H,39,47)(H,40,46)(H,41,48);3H2,1-2H3. The number of alkyl halides is 1. The second kappa shape index (κ2) is 23.8. The van der Waals surface area contributed by atoms with Crippen LogP contribution >= 0.6 is 11.6 Å². The first-order chi connectivity index (χ1) is 26.5. The van der Waals surface area contributed by atoms with Crippen LogP contribution in [0, 0.1) is 11.8 Å². The number of nitrogens with one attached hydrogen (secondary N) is 3. The summed E-state index contributed by atoms with van der Waals surface area (Å²) in [7, 11) is 0.696. The van der Waals surface area contributed by atoms with Crippen molar-refractivity contribution in [2.24, 2.45) is 17.6 Å². The summed E-state index contributed by atoms with van der Waals surface area (Å²) >= 11 is 5.66. The third-order valence-electron chi connectivity index (χ3n) is 10.3. The summed E-state index contributed by atoms with van der Waals surface area (Å²) in [4.78, 5) is 69.6. The van der Waals surface area contributed by atoms with E-state index in [0.717, 1.165) is 5.56 Å². The fourth-order valence-corrected chi connectivity index (χ4v) is 8.34. The number of likely N-dealkylation sites (N-methyl/N-ethyl adjacent to an activating group) is 1. The smallest absolute Gasteiger partial charge is 0.256 e. The molecule has 1 heterocycles. The minimum atomic E-state index is -3.85. The van der Waals surface area contributed by atoms with E-state index in [1.807, 2.05) is 19.9 Å². The van der Waals surface area contributed by atoms with Crippen molar-refractivity contribution in [1.82, 2.24) is 25.2 Å². The minimum absolute atomic E-state index is 0.0606. The molecule has 1 saturated carbocycles. The van der Waals surface area contributed by atoms with Crippen molar-refractivity contribution >= 4 is 51.2 Å². The largest absolute Gasteiger partial charge is 0.379 e. The molecule has 0 bridgehead atoms. The molecule has 8 unspecified atom stereocenters. The number of nitrogens with two attached hydrogens (primary N) is 1. The number of ether oxygens (including phenoxy) is 2. The lowest BCUT2D eigenvalue weighted by atomic mass is 9.90. The van der Waals surface area contributed by atoms with Crippen molar-refractivity contribution in [3.63, 3.8) is 0 Å². The van der Waals surface area contributed by atoms with Gasteiger partial charge in [0.1, 0.15) is 6.04 Å². The van der Waals surface area contributed by atoms with Gasteiger partial charge in [-0.15, -0.1) is 11.6 Å². The van der Waals surface area contributed by atoms with Gasteiger partial charge in [0.15, 0.2) is 0 Å². The lowest BCUT2D eigenvalue weighted by Crippen LogP contribution is -2.56. The van der Waals surface area contributed by atoms with Crippen molar-refractivity contribution in [3.05, 3.63) is 35.9 Å². The van der Waals surface area contributed by atoms with Gasteiger partial charge >= 0.3 is 0 Å². The zero-order chi connectivity index (χ0) is 42.2. The summed E-state index contributed by atoms with van der Waals surface area (Å²) in [6, 6.07) is 5.84. The van der Waals surface area contributed by atoms with Crippen LogP contribution in [0.2, 0.25) is 0 Å². The molecule has 1 saturated heterocycles. The number of likely N-dealkylation sites (tertiary alicyclic amines) is 1. The van der Waals surface area contributed by atoms with Crippen LogP contribution in [0.15, 0.2) is 30.3 Å². The van der Waals surface area contributed by atoms with Gasteiger partial charge in [0.05, 0.1) is 54.5 Å². The summed E-state index contributed by atoms with van der Waals surface area (Å²) in [6.45, 7) is 9.95. The molecule has 5 amide bonds. The van der Waals surface area contributed by atoms with Crippen LogP contribution in [-0.2, 0) is 49.9 Å². The van der Waals surface area contributed by atoms with E-state index in [-0.39, 0.29) is 43.0 Å². The van der Waals surface area contributed by atoms with E-state index >= 15 is 0 Å². The number of benzene rings is 1. The van der Waals surface area contributed by atoms with Crippen LogP contribution in [-0.4, -0.2) is 130 Å². The van der Waals surface area contributed by atoms with E-state index in [0.29, 0.717) is 38.6 Å². The third-order valence-corrected chi connectivity index (χ3v) is 12.5. The number of amides is 5. The molecule has 0 spiro atoms. The van der Waals surface area contributed by atoms with Crippen LogP contribution < -0.4 is 21.1 Å². The molecule has 0 aromatic heterocycles. The van der Waals surface area contributed by atoms with Crippen molar-refractivity contribution in [1.29, 1.82) is 0 Å². The highest BCUT2D eigenvalue weighted by Crippen LogP contribution is 2.30. The first-order valence-corrected chi connectivity index (χ1v) is 21.7. The molecule has 5 N–H and O–H groups in total. The predicted octanol–water partition coefficient (Wildman–Crippen LogP) is 2.34. The van der Waals surface area contributed by atoms with E-state index in [4.69, 9.17) is 26.8 Å². The van der Waals surface area contributed by atoms with Crippen molar-refractivity contribution < 1.29 is 41.9 Å². The van der Waals surface area contributed by atoms with E-state index in [2.05, 4.69) is 29.2 Å². The van der Waals surface area contributed by atoms with Gasteiger partial charge in [-0.05, 0) is 37.2 Å². The fraction of sp³-hybridized carbons (Fsp3) is 0.718. The highest BCUT2D eigenvalue weighted by atomic mass is 35.5. The zero-order valence-corrected chi connectivity index (χ0v) is 35.9. The van der Waals surface area contributed by atoms with Crippen molar-refractivity contribution in [2.75, 3.05) is 40.2 Å². The molecule has 56 heavy (non-hydrogen) atoms. The van der Waals surface area contributed by atoms with E-state index < -0.39 is 75.3 Å². The van der Waals surface area contributed by atoms with Crippen LogP contribution in [0.1, 0.15) is 85.1 Å². The number of methoxy groups -OCH3 is 2. The van der Waals surface area contributed by atoms with Crippen LogP contribution in [0.5, 0.6) is 0 Å². The van der Waals surface area contributed by atoms with Gasteiger partial charge < -0.3 is 35.6 Å². The van der Waals surface area contributed by atoms with Crippen molar-refractivity contribution in [3.8, 4) is 0 Å². The molecule has 0 radical (unpaired) electrons. The molecule has 17 heteroatoms. The number of nitrogens with zero attached hydrogens (tertiary/aromatic N) is 2. The summed E-state index contributed by atoms with van der Waals surface area (Å²) in [5.74, 6) is -3.52. The lowest BCUT2D eigenvalue weighted by molar-refractivity contribution is -0.146. The van der Waals surface area contributed by atoms with Gasteiger partial charge in [-0.1, -0.05) is 77.8 Å². The molecule has 1 aromatic carbocycles. The molecular weight excluding hydrogens is 764 g/mol. The summed E-state index contributed by atoms with van der Waals surface area (Å²) in [6.07, 6.45) is 2.67. The third kappa shape index (κ3) is 14.3. The molecule has 3 rings (SSSR count). The summed E-state index contributed by atoms with van der Waals surface area (Å²) < 4.78 is 39.1. The van der Waals surface area contributed by atoms with E-state index in [1.54, 1.807) is 43.1 Å². The lowest BCUT2D eigenvalue weighted by Gasteiger charge is -2.39. The minimum Gasteiger partial charge on any atom is -0.379 e. The second-order valence-corrected chi connectivity index (χ2v) is 17.1. The highest BCUT2D eigenvalue weighted by Gasteiger charge is 2.43. The Labute approximate surface area is 338 Å². The molecule has 1 aliphatic heterocycles. The number of halogens is 1. The highest BCUT2D eigenvalue weighted by molar-refractivity contribution is 7.90. The zero-order valence-electron chi connectivity index (χ0n) is 34.3. The fourth-order valence-electron chi connectivity index (χ4n) is 6.85. The summed E-state index contributed by atoms with van der Waals surface area (Å²) in [5, 5.41) is 4.65. The average Bonchev–Trinajstić information content (AvgIpc) is 3.95. The molecule has 2 fully saturated rings. The molecular formula is C39H65ClN6O9S. The maximum absolute atomic E-state index is 14.0. The Morgan fingerprint density at radius 1 is 0.982 bits per heavy atom. The Morgan fingerprint density at radius 2 is 1.61 bits per heavy atom. The molecule has 8 atom stereocenters. The van der Waals surface area contributed by atoms with E-state index in [9.17, 15) is 32.4 Å². The maximum Gasteiger partial charge on any atom is 0.256 e. The first kappa shape index (κ1) is 48.8. The molecule has 15 nitrogen and oxygen atoms in total. The number of hydrogen-bond donors (Lipinski definition) is 4. The maximum atomic E-state index is 14.0. The number of rotatable bonds is 21. The van der Waals surface area contributed by atoms with Gasteiger partial charge in [-0.2, -0.15) is 0 Å². The van der Waals surface area contributed by atoms with Crippen molar-refractivity contribution in [2.45, 2.75) is 128 Å². The SMILES string of the molecule is CCC.CCC(C)C(C(CC(=O)N1CCCC1C(OC)C(C)C(=O)NC(Cc1ccccc1)C(=O)NS(=O)(=O)C1CC1)OC)N(C)C(=O)CNC(=O)C(N)CCl. The Morgan fingerprint density at radius 3 is 2.14 bits per heavy atom. The Hall–Kier alpha value is -3.31. The first-order valence-electron chi connectivity index (χ1n) is 19.6. The van der Waals surface area contributed by atoms with Crippen LogP contribution in [0.3, 0.4) is 0 Å². The molecule has 2 aliphatic rings. The number of sulfonamides is 1. The van der Waals surface area contributed by atoms with Gasteiger partial charge in [0, 0.05) is 40.1 Å². The van der Waals surface area contributed by atoms with Gasteiger partial charge in [0.25, 0.3) is 5.91 Å². The predicted molar refractivity (Wildman–Crippen MR) is 216 cm³/mol. The Bertz CT molecular complexity index is 1530. The summed E-state index contributed by atoms with van der Waals surface area (Å²) in [5.41, 5.74) is 6.40. The van der Waals surface area contributed by atoms with Gasteiger partial charge in [-0.25, -0.2) is 8.42 Å². The average molecular weight is 830 g/mol. The van der Waals surface area contributed by atoms with Gasteiger partial charge in [-0.3, -0.25) is 28.7 Å². The van der Waals surface area contributed by atoms with Crippen LogP contribution in [0.25, 0.3) is 0 Å². The molecule has 1 aliphatic carbocycles. The number of carbonyl (C=O) groups is 5. The number of carbonyl (C=O) groups excluding carboxylic acids is 5. The normalized spacial score (nSPS) is 19.2. The topological polar surface area (TPSA) is 207 Å². The van der Waals surface area contributed by atoms with Gasteiger partial charge in [0.2, 0.25) is 33.7 Å². The van der Waals surface area contributed by atoms with Crippen LogP contribution in [0.4, 0.5) is 0 Å². The Kier molecular flexibility index (Phi) is 20.8. The molecule has 318 valence electrons.